The van der Waals surface area contributed by atoms with Crippen LogP contribution < -0.4 is 15.8 Å². The summed E-state index contributed by atoms with van der Waals surface area (Å²) in [7, 11) is 3.52. The van der Waals surface area contributed by atoms with E-state index in [2.05, 4.69) is 12.2 Å². The van der Waals surface area contributed by atoms with E-state index >= 15 is 0 Å². The fourth-order valence-electron chi connectivity index (χ4n) is 1.86. The lowest BCUT2D eigenvalue weighted by atomic mass is 10.2. The lowest BCUT2D eigenvalue weighted by Gasteiger charge is -2.24. The first-order chi connectivity index (χ1) is 9.49. The summed E-state index contributed by atoms with van der Waals surface area (Å²) in [5, 5.41) is 2.87. The van der Waals surface area contributed by atoms with Gasteiger partial charge in [-0.05, 0) is 45.1 Å². The van der Waals surface area contributed by atoms with Crippen molar-refractivity contribution in [2.24, 2.45) is 0 Å². The number of rotatable bonds is 7. The number of nitrogen functional groups attached to an aromatic ring is 1. The third kappa shape index (κ3) is 4.42. The lowest BCUT2D eigenvalue weighted by molar-refractivity contribution is -0.120. The first kappa shape index (κ1) is 16.3. The fourth-order valence-corrected chi connectivity index (χ4v) is 1.86. The van der Waals surface area contributed by atoms with Crippen LogP contribution in [0.1, 0.15) is 26.7 Å². The molecule has 0 aromatic heterocycles. The van der Waals surface area contributed by atoms with Crippen LogP contribution in [0.25, 0.3) is 0 Å². The molecule has 0 saturated carbocycles. The molecule has 3 N–H and O–H groups in total. The van der Waals surface area contributed by atoms with Gasteiger partial charge in [0.05, 0.1) is 18.8 Å². The van der Waals surface area contributed by atoms with Crippen LogP contribution >= 0.6 is 0 Å². The maximum Gasteiger partial charge on any atom is 0.241 e. The van der Waals surface area contributed by atoms with Gasteiger partial charge in [-0.15, -0.1) is 0 Å². The van der Waals surface area contributed by atoms with E-state index in [-0.39, 0.29) is 11.9 Å². The number of anilines is 2. The molecule has 0 bridgehead atoms. The molecule has 0 radical (unpaired) electrons. The van der Waals surface area contributed by atoms with Crippen molar-refractivity contribution >= 4 is 17.3 Å². The van der Waals surface area contributed by atoms with Gasteiger partial charge in [0.2, 0.25) is 5.91 Å². The van der Waals surface area contributed by atoms with Crippen LogP contribution in [0, 0.1) is 0 Å². The molecule has 5 nitrogen and oxygen atoms in total. The van der Waals surface area contributed by atoms with Gasteiger partial charge in [0.15, 0.2) is 0 Å². The van der Waals surface area contributed by atoms with Gasteiger partial charge in [-0.2, -0.15) is 0 Å². The third-order valence-electron chi connectivity index (χ3n) is 3.39. The zero-order chi connectivity index (χ0) is 15.1. The van der Waals surface area contributed by atoms with Gasteiger partial charge >= 0.3 is 0 Å². The molecule has 0 aliphatic rings. The average Bonchev–Trinajstić information content (AvgIpc) is 2.44. The quantitative estimate of drug-likeness (QED) is 0.752. The predicted molar refractivity (Wildman–Crippen MR) is 83.0 cm³/mol. The number of unbranched alkanes of at least 4 members (excludes halogenated alkanes) is 1. The van der Waals surface area contributed by atoms with Crippen LogP contribution in [0.3, 0.4) is 0 Å². The second kappa shape index (κ2) is 7.75. The van der Waals surface area contributed by atoms with E-state index in [1.807, 2.05) is 18.9 Å². The van der Waals surface area contributed by atoms with Crippen LogP contribution in [-0.4, -0.2) is 37.6 Å². The summed E-state index contributed by atoms with van der Waals surface area (Å²) in [6, 6.07) is 4.99. The van der Waals surface area contributed by atoms with E-state index in [1.54, 1.807) is 25.3 Å². The lowest BCUT2D eigenvalue weighted by Crippen LogP contribution is -2.40. The summed E-state index contributed by atoms with van der Waals surface area (Å²) in [6.45, 7) is 4.93. The van der Waals surface area contributed by atoms with Gasteiger partial charge in [0.1, 0.15) is 5.75 Å². The molecule has 112 valence electrons. The van der Waals surface area contributed by atoms with Crippen molar-refractivity contribution in [1.82, 2.24) is 4.90 Å². The molecule has 1 rings (SSSR count). The first-order valence-corrected chi connectivity index (χ1v) is 6.94. The van der Waals surface area contributed by atoms with Gasteiger partial charge in [0.25, 0.3) is 0 Å². The molecular weight excluding hydrogens is 254 g/mol. The number of hydrogen-bond acceptors (Lipinski definition) is 4. The van der Waals surface area contributed by atoms with Crippen molar-refractivity contribution in [3.8, 4) is 5.75 Å². The Morgan fingerprint density at radius 1 is 1.50 bits per heavy atom. The monoisotopic (exact) mass is 279 g/mol. The van der Waals surface area contributed by atoms with Crippen molar-refractivity contribution in [2.75, 3.05) is 31.8 Å². The zero-order valence-electron chi connectivity index (χ0n) is 12.8. The topological polar surface area (TPSA) is 67.6 Å². The van der Waals surface area contributed by atoms with Gasteiger partial charge in [0, 0.05) is 5.69 Å². The molecule has 1 amide bonds. The number of methoxy groups -OCH3 is 1. The Hall–Kier alpha value is -1.75. The molecule has 0 heterocycles. The predicted octanol–water partition coefficient (Wildman–Crippen LogP) is 2.34. The molecule has 0 fully saturated rings. The number of nitrogens with zero attached hydrogens (tertiary/aromatic N) is 1. The Balaban J connectivity index is 2.72. The van der Waals surface area contributed by atoms with Crippen LogP contribution in [-0.2, 0) is 4.79 Å². The number of nitrogens with one attached hydrogen (secondary N) is 1. The number of nitrogens with two attached hydrogens (primary N) is 1. The van der Waals surface area contributed by atoms with Crippen molar-refractivity contribution in [3.63, 3.8) is 0 Å². The molecule has 1 unspecified atom stereocenters. The Labute approximate surface area is 121 Å². The highest BCUT2D eigenvalue weighted by atomic mass is 16.5. The fraction of sp³-hybridized carbons (Fsp3) is 0.533. The van der Waals surface area contributed by atoms with Crippen molar-refractivity contribution in [3.05, 3.63) is 18.2 Å². The van der Waals surface area contributed by atoms with Gasteiger partial charge in [-0.1, -0.05) is 13.3 Å². The van der Waals surface area contributed by atoms with E-state index in [4.69, 9.17) is 10.5 Å². The minimum atomic E-state index is -0.201. The van der Waals surface area contributed by atoms with E-state index in [1.165, 1.54) is 0 Å². The Kier molecular flexibility index (Phi) is 6.31. The maximum absolute atomic E-state index is 12.2. The number of amides is 1. The molecule has 1 atom stereocenters. The zero-order valence-corrected chi connectivity index (χ0v) is 12.8. The summed E-state index contributed by atoms with van der Waals surface area (Å²) in [5.74, 6) is 0.545. The molecule has 0 saturated heterocycles. The van der Waals surface area contributed by atoms with Crippen LogP contribution in [0.15, 0.2) is 18.2 Å². The van der Waals surface area contributed by atoms with Gasteiger partial charge in [-0.3, -0.25) is 9.69 Å². The van der Waals surface area contributed by atoms with Gasteiger partial charge in [-0.25, -0.2) is 0 Å². The summed E-state index contributed by atoms with van der Waals surface area (Å²) < 4.78 is 5.22. The molecule has 0 aliphatic carbocycles. The molecular formula is C15H25N3O2. The maximum atomic E-state index is 12.2. The molecule has 0 aliphatic heterocycles. The number of carbonyl (C=O) groups is 1. The Bertz CT molecular complexity index is 449. The van der Waals surface area contributed by atoms with Crippen molar-refractivity contribution < 1.29 is 9.53 Å². The van der Waals surface area contributed by atoms with Gasteiger partial charge < -0.3 is 15.8 Å². The highest BCUT2D eigenvalue weighted by Gasteiger charge is 2.18. The normalized spacial score (nSPS) is 12.2. The molecule has 1 aromatic carbocycles. The smallest absolute Gasteiger partial charge is 0.241 e. The Morgan fingerprint density at radius 2 is 2.20 bits per heavy atom. The second-order valence-electron chi connectivity index (χ2n) is 4.96. The summed E-state index contributed by atoms with van der Waals surface area (Å²) >= 11 is 0. The van der Waals surface area contributed by atoms with Crippen LogP contribution in [0.5, 0.6) is 5.75 Å². The highest BCUT2D eigenvalue weighted by Crippen LogP contribution is 2.26. The van der Waals surface area contributed by atoms with Crippen LogP contribution in [0.2, 0.25) is 0 Å². The van der Waals surface area contributed by atoms with E-state index in [0.29, 0.717) is 17.1 Å². The summed E-state index contributed by atoms with van der Waals surface area (Å²) in [5.41, 5.74) is 6.94. The van der Waals surface area contributed by atoms with Crippen molar-refractivity contribution in [2.45, 2.75) is 32.7 Å². The largest absolute Gasteiger partial charge is 0.495 e. The highest BCUT2D eigenvalue weighted by molar-refractivity contribution is 5.96. The first-order valence-electron chi connectivity index (χ1n) is 6.94. The Morgan fingerprint density at radius 3 is 2.80 bits per heavy atom. The number of carbonyl (C=O) groups excluding carboxylic acids is 1. The minimum Gasteiger partial charge on any atom is -0.495 e. The minimum absolute atomic E-state index is 0.0625. The number of hydrogen-bond donors (Lipinski definition) is 2. The van der Waals surface area contributed by atoms with E-state index in [0.717, 1.165) is 19.4 Å². The number of likely N-dealkylation sites (N-methyl/N-ethyl adjacent to an activating group) is 1. The molecule has 20 heavy (non-hydrogen) atoms. The standard InChI is InChI=1S/C15H25N3O2/c1-5-6-9-18(3)11(2)15(19)17-13-10-12(16)7-8-14(13)20-4/h7-8,10-11H,5-6,9,16H2,1-4H3,(H,17,19). The van der Waals surface area contributed by atoms with Crippen LogP contribution in [0.4, 0.5) is 11.4 Å². The molecule has 1 aromatic rings. The summed E-state index contributed by atoms with van der Waals surface area (Å²) in [4.78, 5) is 14.3. The van der Waals surface area contributed by atoms with Crippen molar-refractivity contribution in [1.29, 1.82) is 0 Å². The second-order valence-corrected chi connectivity index (χ2v) is 4.96. The van der Waals surface area contributed by atoms with E-state index in [9.17, 15) is 4.79 Å². The summed E-state index contributed by atoms with van der Waals surface area (Å²) in [6.07, 6.45) is 2.19. The number of benzene rings is 1. The SMILES string of the molecule is CCCCN(C)C(C)C(=O)Nc1cc(N)ccc1OC. The third-order valence-corrected chi connectivity index (χ3v) is 3.39. The average molecular weight is 279 g/mol. The van der Waals surface area contributed by atoms with E-state index < -0.39 is 0 Å². The molecule has 0 spiro atoms. The number of ether oxygens (including phenoxy) is 1. The molecule has 5 heteroatoms.